The van der Waals surface area contributed by atoms with E-state index in [0.29, 0.717) is 23.5 Å². The average Bonchev–Trinajstić information content (AvgIpc) is 3.20. The summed E-state index contributed by atoms with van der Waals surface area (Å²) in [6.45, 7) is 2.69. The molecule has 2 saturated carbocycles. The van der Waals surface area contributed by atoms with Gasteiger partial charge in [-0.05, 0) is 61.6 Å². The van der Waals surface area contributed by atoms with Crippen molar-refractivity contribution in [2.75, 3.05) is 6.61 Å². The molecule has 0 bridgehead atoms. The Balaban J connectivity index is 1.86. The lowest BCUT2D eigenvalue weighted by Gasteiger charge is -2.27. The molecule has 0 amide bonds. The van der Waals surface area contributed by atoms with Crippen molar-refractivity contribution < 1.29 is 14.6 Å². The van der Waals surface area contributed by atoms with Gasteiger partial charge in [0.25, 0.3) is 0 Å². The fraction of sp³-hybridized carbons (Fsp3) is 0.611. The van der Waals surface area contributed by atoms with Gasteiger partial charge in [0.15, 0.2) is 0 Å². The second-order valence-corrected chi connectivity index (χ2v) is 7.22. The van der Waals surface area contributed by atoms with E-state index in [4.69, 9.17) is 16.3 Å². The molecule has 4 heteroatoms. The van der Waals surface area contributed by atoms with Crippen LogP contribution in [0.2, 0.25) is 5.02 Å². The van der Waals surface area contributed by atoms with Gasteiger partial charge < -0.3 is 9.84 Å². The van der Waals surface area contributed by atoms with Crippen molar-refractivity contribution in [2.24, 2.45) is 11.8 Å². The van der Waals surface area contributed by atoms with E-state index in [9.17, 15) is 9.90 Å². The van der Waals surface area contributed by atoms with E-state index in [2.05, 4.69) is 6.07 Å². The first-order chi connectivity index (χ1) is 10.5. The molecule has 2 fully saturated rings. The van der Waals surface area contributed by atoms with Crippen molar-refractivity contribution in [3.05, 3.63) is 28.3 Å². The van der Waals surface area contributed by atoms with Crippen LogP contribution in [0.15, 0.2) is 12.1 Å². The average molecular weight is 323 g/mol. The van der Waals surface area contributed by atoms with Crippen LogP contribution in [-0.4, -0.2) is 17.7 Å². The molecule has 120 valence electrons. The highest BCUT2D eigenvalue weighted by molar-refractivity contribution is 6.32. The van der Waals surface area contributed by atoms with Crippen LogP contribution in [0.3, 0.4) is 0 Å². The normalized spacial score (nSPS) is 19.5. The van der Waals surface area contributed by atoms with Gasteiger partial charge in [0.1, 0.15) is 5.75 Å². The molecule has 1 unspecified atom stereocenters. The Morgan fingerprint density at radius 1 is 1.36 bits per heavy atom. The smallest absolute Gasteiger partial charge is 0.303 e. The van der Waals surface area contributed by atoms with Gasteiger partial charge in [0, 0.05) is 5.92 Å². The summed E-state index contributed by atoms with van der Waals surface area (Å²) in [5, 5.41) is 9.86. The molecule has 0 saturated heterocycles. The molecule has 1 N–H and O–H groups in total. The highest BCUT2D eigenvalue weighted by Gasteiger charge is 2.36. The second-order valence-electron chi connectivity index (χ2n) is 6.81. The molecule has 2 aliphatic rings. The molecule has 22 heavy (non-hydrogen) atoms. The van der Waals surface area contributed by atoms with Gasteiger partial charge in [-0.25, -0.2) is 0 Å². The van der Waals surface area contributed by atoms with Gasteiger partial charge in [-0.1, -0.05) is 24.1 Å². The Labute approximate surface area is 136 Å². The minimum absolute atomic E-state index is 0.0197. The van der Waals surface area contributed by atoms with Crippen molar-refractivity contribution >= 4 is 17.6 Å². The summed E-state index contributed by atoms with van der Waals surface area (Å²) in [6.07, 6.45) is 6.09. The van der Waals surface area contributed by atoms with E-state index in [1.807, 2.05) is 13.0 Å². The van der Waals surface area contributed by atoms with Crippen LogP contribution in [0, 0.1) is 18.8 Å². The maximum atomic E-state index is 11.2. The van der Waals surface area contributed by atoms with Crippen molar-refractivity contribution in [3.8, 4) is 5.75 Å². The Morgan fingerprint density at radius 3 is 2.64 bits per heavy atom. The van der Waals surface area contributed by atoms with E-state index in [1.54, 1.807) is 0 Å². The maximum Gasteiger partial charge on any atom is 0.303 e. The summed E-state index contributed by atoms with van der Waals surface area (Å²) >= 11 is 6.41. The van der Waals surface area contributed by atoms with E-state index in [-0.39, 0.29) is 12.3 Å². The Kier molecular flexibility index (Phi) is 4.62. The fourth-order valence-corrected chi connectivity index (χ4v) is 3.60. The number of hydrogen-bond acceptors (Lipinski definition) is 2. The molecule has 0 radical (unpaired) electrons. The van der Waals surface area contributed by atoms with Gasteiger partial charge in [-0.2, -0.15) is 0 Å². The Bertz CT molecular complexity index is 562. The number of benzene rings is 1. The first-order valence-corrected chi connectivity index (χ1v) is 8.57. The predicted molar refractivity (Wildman–Crippen MR) is 86.7 cm³/mol. The molecule has 1 atom stereocenters. The lowest BCUT2D eigenvalue weighted by atomic mass is 9.86. The number of ether oxygens (including phenoxy) is 1. The first kappa shape index (κ1) is 15.7. The summed E-state index contributed by atoms with van der Waals surface area (Å²) in [6, 6.07) is 3.97. The molecule has 1 aromatic carbocycles. The van der Waals surface area contributed by atoms with Crippen molar-refractivity contribution in [2.45, 2.75) is 51.4 Å². The van der Waals surface area contributed by atoms with Crippen LogP contribution in [0.5, 0.6) is 5.75 Å². The Hall–Kier alpha value is -1.22. The molecule has 1 aromatic rings. The van der Waals surface area contributed by atoms with Gasteiger partial charge in [-0.3, -0.25) is 4.79 Å². The molecule has 3 nitrogen and oxygen atoms in total. The molecular weight excluding hydrogens is 300 g/mol. The Morgan fingerprint density at radius 2 is 2.09 bits per heavy atom. The zero-order valence-corrected chi connectivity index (χ0v) is 13.7. The molecule has 0 aromatic heterocycles. The molecule has 2 aliphatic carbocycles. The topological polar surface area (TPSA) is 46.5 Å². The zero-order valence-electron chi connectivity index (χ0n) is 13.0. The van der Waals surface area contributed by atoms with Gasteiger partial charge >= 0.3 is 5.97 Å². The maximum absolute atomic E-state index is 11.2. The number of aryl methyl sites for hydroxylation is 1. The summed E-state index contributed by atoms with van der Waals surface area (Å²) in [5.74, 6) is 1.08. The number of halogens is 1. The van der Waals surface area contributed by atoms with Crippen LogP contribution >= 0.6 is 11.6 Å². The van der Waals surface area contributed by atoms with Gasteiger partial charge in [-0.15, -0.1) is 0 Å². The first-order valence-electron chi connectivity index (χ1n) is 8.19. The van der Waals surface area contributed by atoms with E-state index < -0.39 is 5.97 Å². The number of rotatable bonds is 7. The monoisotopic (exact) mass is 322 g/mol. The number of carboxylic acid groups (broad SMARTS) is 1. The van der Waals surface area contributed by atoms with E-state index in [1.165, 1.54) is 19.3 Å². The minimum Gasteiger partial charge on any atom is -0.491 e. The largest absolute Gasteiger partial charge is 0.491 e. The van der Waals surface area contributed by atoms with Crippen LogP contribution in [0.4, 0.5) is 0 Å². The van der Waals surface area contributed by atoms with Crippen molar-refractivity contribution in [1.82, 2.24) is 0 Å². The number of carboxylic acids is 1. The number of carbonyl (C=O) groups is 1. The molecule has 0 heterocycles. The third-order valence-electron chi connectivity index (χ3n) is 4.89. The lowest BCUT2D eigenvalue weighted by Crippen LogP contribution is -2.20. The number of aliphatic carboxylic acids is 1. The minimum atomic E-state index is -0.750. The van der Waals surface area contributed by atoms with Crippen molar-refractivity contribution in [1.29, 1.82) is 0 Å². The zero-order chi connectivity index (χ0) is 15.7. The third-order valence-corrected chi connectivity index (χ3v) is 5.17. The summed E-state index contributed by atoms with van der Waals surface area (Å²) in [5.41, 5.74) is 2.06. The van der Waals surface area contributed by atoms with Gasteiger partial charge in [0.2, 0.25) is 0 Å². The van der Waals surface area contributed by atoms with Crippen LogP contribution < -0.4 is 4.74 Å². The molecule has 0 aliphatic heterocycles. The van der Waals surface area contributed by atoms with E-state index >= 15 is 0 Å². The van der Waals surface area contributed by atoms with Crippen LogP contribution in [0.1, 0.15) is 55.6 Å². The van der Waals surface area contributed by atoms with Gasteiger partial charge in [0.05, 0.1) is 18.1 Å². The standard InChI is InChI=1S/C18H23ClO3/c1-11-7-15(14(9-17(20)21)13-5-6-13)18(16(19)8-11)22-10-12-3-2-4-12/h7-8,12-14H,2-6,9-10H2,1H3,(H,20,21). The molecule has 0 spiro atoms. The number of hydrogen-bond donors (Lipinski definition) is 1. The van der Waals surface area contributed by atoms with Crippen molar-refractivity contribution in [3.63, 3.8) is 0 Å². The quantitative estimate of drug-likeness (QED) is 0.784. The summed E-state index contributed by atoms with van der Waals surface area (Å²) < 4.78 is 6.04. The SMILES string of the molecule is Cc1cc(Cl)c(OCC2CCC2)c(C(CC(=O)O)C2CC2)c1. The highest BCUT2D eigenvalue weighted by Crippen LogP contribution is 2.49. The third kappa shape index (κ3) is 3.57. The lowest BCUT2D eigenvalue weighted by molar-refractivity contribution is -0.137. The highest BCUT2D eigenvalue weighted by atomic mass is 35.5. The fourth-order valence-electron chi connectivity index (χ4n) is 3.26. The molecule has 3 rings (SSSR count). The second kappa shape index (κ2) is 6.49. The van der Waals surface area contributed by atoms with Crippen LogP contribution in [-0.2, 0) is 4.79 Å². The summed E-state index contributed by atoms with van der Waals surface area (Å²) in [7, 11) is 0. The summed E-state index contributed by atoms with van der Waals surface area (Å²) in [4.78, 5) is 11.2. The van der Waals surface area contributed by atoms with E-state index in [0.717, 1.165) is 29.7 Å². The molecular formula is C18H23ClO3. The predicted octanol–water partition coefficient (Wildman–Crippen LogP) is 4.80. The van der Waals surface area contributed by atoms with Crippen LogP contribution in [0.25, 0.3) is 0 Å².